The molecule has 3 atom stereocenters. The van der Waals surface area contributed by atoms with E-state index in [1.54, 1.807) is 45.5 Å². The van der Waals surface area contributed by atoms with Crippen LogP contribution in [0.5, 0.6) is 5.75 Å². The summed E-state index contributed by atoms with van der Waals surface area (Å²) >= 11 is 0. The molecule has 28 heavy (non-hydrogen) atoms. The van der Waals surface area contributed by atoms with Crippen LogP contribution in [0.15, 0.2) is 24.5 Å². The van der Waals surface area contributed by atoms with Gasteiger partial charge in [0.15, 0.2) is 0 Å². The molecule has 1 radical (unpaired) electrons. The molecule has 2 rings (SSSR count). The van der Waals surface area contributed by atoms with E-state index in [9.17, 15) is 0 Å². The molecule has 1 aromatic heterocycles. The van der Waals surface area contributed by atoms with Crippen molar-refractivity contribution in [3.8, 4) is 5.75 Å². The Morgan fingerprint density at radius 1 is 1.29 bits per heavy atom. The van der Waals surface area contributed by atoms with Crippen LogP contribution in [0.3, 0.4) is 0 Å². The van der Waals surface area contributed by atoms with Crippen LogP contribution in [0.4, 0.5) is 0 Å². The summed E-state index contributed by atoms with van der Waals surface area (Å²) < 4.78 is 4.87. The average molecular weight is 485 g/mol. The molecule has 1 aliphatic heterocycles. The molecule has 1 aliphatic rings. The number of aliphatic hydroxyl groups is 2. The molecule has 0 aromatic carbocycles. The summed E-state index contributed by atoms with van der Waals surface area (Å²) in [6, 6.07) is 4.41. The van der Waals surface area contributed by atoms with Gasteiger partial charge >= 0.3 is 19.5 Å². The number of aliphatic hydroxyl groups excluding tert-OH is 2. The minimum Gasteiger partial charge on any atom is -0.664 e. The molecule has 2 N–H and O–H groups in total. The number of hydrogen-bond acceptors (Lipinski definition) is 6. The number of hydrogen-bond donors (Lipinski definition) is 2. The van der Waals surface area contributed by atoms with E-state index in [0.29, 0.717) is 6.42 Å². The topological polar surface area (TPSA) is 83.2 Å². The Bertz CT molecular complexity index is 446. The van der Waals surface area contributed by atoms with Crippen LogP contribution in [0.1, 0.15) is 26.7 Å². The van der Waals surface area contributed by atoms with Gasteiger partial charge in [0, 0.05) is 25.0 Å². The molecule has 0 saturated carbocycles. The first-order chi connectivity index (χ1) is 12.8. The average Bonchev–Trinajstić information content (AvgIpc) is 2.63. The molecule has 7 nitrogen and oxygen atoms in total. The third-order valence-electron chi connectivity index (χ3n) is 4.23. The van der Waals surface area contributed by atoms with E-state index in [2.05, 4.69) is 34.2 Å². The Balaban J connectivity index is 0. The summed E-state index contributed by atoms with van der Waals surface area (Å²) in [5, 5.41) is 21.2. The number of pyridine rings is 1. The molecule has 0 amide bonds. The Hall–Kier alpha value is -0.627. The molecule has 1 fully saturated rings. The standard InChI is InChI=1S/C9H20N3.C6H7NO.C5H12O2.Ru/c1-10-5-7-11(2)8-9-4-6-12(9)3;1-8-6-2-4-7-5-3-6;1-4(6)3-5(2)7;/h9H,4-8H2,1-3H3;2-5H,1H3;4-7H,3H2,1-2H3;/q-1;;;+3. The molecule has 8 heteroatoms. The SMILES string of the molecule is CC(O)CC(C)O.COc1ccncc1.C[N-]CCN(C)CC1CCN1C.[Ru+3]. The van der Waals surface area contributed by atoms with Crippen molar-refractivity contribution in [1.82, 2.24) is 14.8 Å². The number of ether oxygens (including phenoxy) is 1. The Kier molecular flexibility index (Phi) is 19.4. The van der Waals surface area contributed by atoms with Crippen LogP contribution in [0.25, 0.3) is 5.32 Å². The fraction of sp³-hybridized carbons (Fsp3) is 0.750. The fourth-order valence-corrected chi connectivity index (χ4v) is 2.49. The van der Waals surface area contributed by atoms with Crippen molar-refractivity contribution < 1.29 is 34.4 Å². The molecule has 1 aromatic rings. The molecule has 0 bridgehead atoms. The molecule has 0 aliphatic carbocycles. The summed E-state index contributed by atoms with van der Waals surface area (Å²) in [6.45, 7) is 7.86. The number of aromatic nitrogens is 1. The predicted octanol–water partition coefficient (Wildman–Crippen LogP) is 1.85. The monoisotopic (exact) mass is 485 g/mol. The zero-order valence-corrected chi connectivity index (χ0v) is 20.0. The van der Waals surface area contributed by atoms with Gasteiger partial charge in [0.2, 0.25) is 0 Å². The van der Waals surface area contributed by atoms with E-state index in [4.69, 9.17) is 14.9 Å². The van der Waals surface area contributed by atoms with Gasteiger partial charge in [-0.1, -0.05) is 0 Å². The van der Waals surface area contributed by atoms with Gasteiger partial charge in [0.05, 0.1) is 19.3 Å². The van der Waals surface area contributed by atoms with E-state index >= 15 is 0 Å². The van der Waals surface area contributed by atoms with Crippen LogP contribution >= 0.6 is 0 Å². The third kappa shape index (κ3) is 16.3. The second kappa shape index (κ2) is 18.4. The minimum atomic E-state index is -0.375. The van der Waals surface area contributed by atoms with Crippen LogP contribution in [0, 0.1) is 0 Å². The molecule has 163 valence electrons. The van der Waals surface area contributed by atoms with E-state index in [0.717, 1.165) is 24.9 Å². The Morgan fingerprint density at radius 3 is 2.14 bits per heavy atom. The molecule has 1 saturated heterocycles. The second-order valence-corrected chi connectivity index (χ2v) is 7.05. The molecule has 2 heterocycles. The van der Waals surface area contributed by atoms with Crippen molar-refractivity contribution in [2.45, 2.75) is 44.9 Å². The Labute approximate surface area is 184 Å². The van der Waals surface area contributed by atoms with Crippen molar-refractivity contribution in [2.75, 3.05) is 54.4 Å². The van der Waals surface area contributed by atoms with E-state index in [1.807, 2.05) is 7.05 Å². The molecule has 3 unspecified atom stereocenters. The van der Waals surface area contributed by atoms with Crippen molar-refractivity contribution in [1.29, 1.82) is 0 Å². The van der Waals surface area contributed by atoms with Gasteiger partial charge in [-0.3, -0.25) is 4.98 Å². The van der Waals surface area contributed by atoms with Crippen LogP contribution in [-0.4, -0.2) is 97.7 Å². The first-order valence-corrected chi connectivity index (χ1v) is 9.54. The largest absolute Gasteiger partial charge is 3.00 e. The maximum Gasteiger partial charge on any atom is 3.00 e. The zero-order valence-electron chi connectivity index (χ0n) is 18.2. The molecule has 0 spiro atoms. The van der Waals surface area contributed by atoms with Crippen molar-refractivity contribution >= 4 is 0 Å². The Morgan fingerprint density at radius 2 is 1.86 bits per heavy atom. The third-order valence-corrected chi connectivity index (χ3v) is 4.23. The quantitative estimate of drug-likeness (QED) is 0.548. The van der Waals surface area contributed by atoms with E-state index in [1.165, 1.54) is 19.5 Å². The van der Waals surface area contributed by atoms with Gasteiger partial charge in [-0.2, -0.15) is 7.05 Å². The summed E-state index contributed by atoms with van der Waals surface area (Å²) in [5.41, 5.74) is 0. The first-order valence-electron chi connectivity index (χ1n) is 9.54. The smallest absolute Gasteiger partial charge is 0.664 e. The summed E-state index contributed by atoms with van der Waals surface area (Å²) in [7, 11) is 7.89. The van der Waals surface area contributed by atoms with Gasteiger partial charge in [-0.25, -0.2) is 0 Å². The number of methoxy groups -OCH3 is 1. The summed E-state index contributed by atoms with van der Waals surface area (Å²) in [5.74, 6) is 0.847. The normalized spacial score (nSPS) is 17.7. The number of nitrogens with zero attached hydrogens (tertiary/aromatic N) is 4. The maximum atomic E-state index is 8.56. The van der Waals surface area contributed by atoms with Gasteiger partial charge in [0.1, 0.15) is 5.75 Å². The van der Waals surface area contributed by atoms with Crippen LogP contribution in [0.2, 0.25) is 0 Å². The van der Waals surface area contributed by atoms with Gasteiger partial charge < -0.3 is 30.1 Å². The van der Waals surface area contributed by atoms with Crippen molar-refractivity contribution in [3.63, 3.8) is 0 Å². The molecular formula is C20H39N4O3Ru+2. The summed E-state index contributed by atoms with van der Waals surface area (Å²) in [6.07, 6.45) is 4.47. The van der Waals surface area contributed by atoms with Gasteiger partial charge in [-0.05, 0) is 66.0 Å². The molecular weight excluding hydrogens is 445 g/mol. The first kappa shape index (κ1) is 29.6. The van der Waals surface area contributed by atoms with Crippen molar-refractivity contribution in [3.05, 3.63) is 29.8 Å². The van der Waals surface area contributed by atoms with Gasteiger partial charge in [-0.15, -0.1) is 6.54 Å². The number of likely N-dealkylation sites (tertiary alicyclic amines) is 1. The fourth-order valence-electron chi connectivity index (χ4n) is 2.49. The summed E-state index contributed by atoms with van der Waals surface area (Å²) in [4.78, 5) is 8.60. The second-order valence-electron chi connectivity index (χ2n) is 7.05. The maximum absolute atomic E-state index is 8.56. The number of rotatable bonds is 8. The van der Waals surface area contributed by atoms with Crippen molar-refractivity contribution in [2.24, 2.45) is 0 Å². The van der Waals surface area contributed by atoms with Crippen LogP contribution in [-0.2, 0) is 19.5 Å². The van der Waals surface area contributed by atoms with E-state index < -0.39 is 0 Å². The number of likely N-dealkylation sites (N-methyl/N-ethyl adjacent to an activating group) is 3. The predicted molar refractivity (Wildman–Crippen MR) is 111 cm³/mol. The van der Waals surface area contributed by atoms with E-state index in [-0.39, 0.29) is 31.7 Å². The minimum absolute atomic E-state index is 0. The van der Waals surface area contributed by atoms with Gasteiger partial charge in [0.25, 0.3) is 0 Å². The zero-order chi connectivity index (χ0) is 20.7. The van der Waals surface area contributed by atoms with Crippen LogP contribution < -0.4 is 4.74 Å².